The molecule has 0 unspecified atom stereocenters. The van der Waals surface area contributed by atoms with Crippen LogP contribution in [0.25, 0.3) is 33.5 Å². The van der Waals surface area contributed by atoms with E-state index in [0.717, 1.165) is 12.2 Å². The van der Waals surface area contributed by atoms with Crippen LogP contribution < -0.4 is 4.57 Å². The quantitative estimate of drug-likeness (QED) is 0.266. The average Bonchev–Trinajstić information content (AvgIpc) is 3.54. The van der Waals surface area contributed by atoms with Crippen molar-refractivity contribution in [1.82, 2.24) is 14.1 Å². The number of hydrogen-bond donors (Lipinski definition) is 0. The van der Waals surface area contributed by atoms with E-state index in [-0.39, 0.29) is 0 Å². The highest BCUT2D eigenvalue weighted by Gasteiger charge is 2.33. The van der Waals surface area contributed by atoms with Crippen molar-refractivity contribution in [2.45, 2.75) is 52.9 Å². The zero-order valence-corrected chi connectivity index (χ0v) is 21.5. The van der Waals surface area contributed by atoms with E-state index >= 15 is 0 Å². The summed E-state index contributed by atoms with van der Waals surface area (Å²) in [5, 5.41) is 2.60. The van der Waals surface area contributed by atoms with Crippen LogP contribution >= 0.6 is 0 Å². The first-order chi connectivity index (χ1) is 16.9. The molecule has 0 saturated carbocycles. The highest BCUT2D eigenvalue weighted by molar-refractivity contribution is 6.00. The second-order valence-corrected chi connectivity index (χ2v) is 10.5. The van der Waals surface area contributed by atoms with E-state index in [9.17, 15) is 0 Å². The first-order valence-electron chi connectivity index (χ1n) is 12.7. The Balaban J connectivity index is 1.73. The summed E-state index contributed by atoms with van der Waals surface area (Å²) in [6, 6.07) is 15.6. The number of fused-ring (bicyclic) bond motifs is 5. The van der Waals surface area contributed by atoms with E-state index in [0.29, 0.717) is 11.8 Å². The number of imidazole rings is 2. The fourth-order valence-electron chi connectivity index (χ4n) is 5.98. The molecule has 3 heterocycles. The van der Waals surface area contributed by atoms with Gasteiger partial charge in [0.15, 0.2) is 0 Å². The van der Waals surface area contributed by atoms with Crippen LogP contribution in [0.15, 0.2) is 67.3 Å². The minimum absolute atomic E-state index is 0.428. The average molecular weight is 462 g/mol. The molecule has 0 N–H and O–H groups in total. The van der Waals surface area contributed by atoms with Crippen LogP contribution in [0.5, 0.6) is 0 Å². The predicted molar refractivity (Wildman–Crippen MR) is 143 cm³/mol. The van der Waals surface area contributed by atoms with Gasteiger partial charge in [0.1, 0.15) is 23.9 Å². The van der Waals surface area contributed by atoms with Gasteiger partial charge in [-0.15, -0.1) is 0 Å². The van der Waals surface area contributed by atoms with Crippen molar-refractivity contribution in [1.29, 1.82) is 0 Å². The molecule has 0 fully saturated rings. The van der Waals surface area contributed by atoms with Gasteiger partial charge in [-0.3, -0.25) is 0 Å². The molecular weight excluding hydrogens is 428 g/mol. The monoisotopic (exact) mass is 461 g/mol. The van der Waals surface area contributed by atoms with Crippen molar-refractivity contribution >= 4 is 10.8 Å². The Kier molecular flexibility index (Phi) is 4.96. The third-order valence-corrected chi connectivity index (χ3v) is 7.65. The van der Waals surface area contributed by atoms with Gasteiger partial charge in [-0.25, -0.2) is 9.55 Å². The van der Waals surface area contributed by atoms with E-state index in [4.69, 9.17) is 4.98 Å². The van der Waals surface area contributed by atoms with Crippen LogP contribution in [0.1, 0.15) is 67.6 Å². The lowest BCUT2D eigenvalue weighted by Crippen LogP contribution is -2.30. The molecule has 0 radical (unpaired) electrons. The number of hydrogen-bond acceptors (Lipinski definition) is 1. The normalized spacial score (nSPS) is 12.7. The Morgan fingerprint density at radius 2 is 1.51 bits per heavy atom. The maximum absolute atomic E-state index is 4.70. The number of aryl methyl sites for hydroxylation is 2. The molecule has 35 heavy (non-hydrogen) atoms. The smallest absolute Gasteiger partial charge is 0.294 e. The number of benzene rings is 3. The van der Waals surface area contributed by atoms with Crippen molar-refractivity contribution < 1.29 is 4.57 Å². The highest BCUT2D eigenvalue weighted by Crippen LogP contribution is 2.43. The van der Waals surface area contributed by atoms with Gasteiger partial charge in [-0.1, -0.05) is 70.2 Å². The third-order valence-electron chi connectivity index (χ3n) is 7.65. The summed E-state index contributed by atoms with van der Waals surface area (Å²) >= 11 is 0. The maximum atomic E-state index is 4.70. The lowest BCUT2D eigenvalue weighted by atomic mass is 9.90. The first-order valence-corrected chi connectivity index (χ1v) is 12.7. The van der Waals surface area contributed by atoms with Crippen molar-refractivity contribution in [2.24, 2.45) is 7.05 Å². The third kappa shape index (κ3) is 3.12. The lowest BCUT2D eigenvalue weighted by molar-refractivity contribution is -0.659. The number of rotatable bonds is 4. The fourth-order valence-corrected chi connectivity index (χ4v) is 5.98. The maximum Gasteiger partial charge on any atom is 0.294 e. The van der Waals surface area contributed by atoms with E-state index in [1.165, 1.54) is 55.8 Å². The largest absolute Gasteiger partial charge is 0.303 e. The van der Waals surface area contributed by atoms with Crippen LogP contribution in [-0.2, 0) is 13.5 Å². The minimum Gasteiger partial charge on any atom is -0.303 e. The molecule has 176 valence electrons. The number of aromatic nitrogens is 4. The second-order valence-electron chi connectivity index (χ2n) is 10.5. The van der Waals surface area contributed by atoms with E-state index in [1.54, 1.807) is 0 Å². The lowest BCUT2D eigenvalue weighted by Gasteiger charge is -2.20. The molecule has 3 aromatic carbocycles. The van der Waals surface area contributed by atoms with Gasteiger partial charge in [-0.05, 0) is 29.7 Å². The summed E-state index contributed by atoms with van der Waals surface area (Å²) in [5.41, 5.74) is 9.40. The Bertz CT molecular complexity index is 1570. The van der Waals surface area contributed by atoms with Gasteiger partial charge in [0, 0.05) is 40.9 Å². The van der Waals surface area contributed by atoms with Crippen molar-refractivity contribution in [2.75, 3.05) is 0 Å². The zero-order valence-electron chi connectivity index (χ0n) is 21.5. The molecule has 1 aliphatic heterocycles. The predicted octanol–water partition coefficient (Wildman–Crippen LogP) is 6.77. The molecular formula is C31H33N4+. The number of nitrogens with zero attached hydrogens (tertiary/aromatic N) is 4. The van der Waals surface area contributed by atoms with Crippen molar-refractivity contribution in [3.63, 3.8) is 0 Å². The Morgan fingerprint density at radius 3 is 2.20 bits per heavy atom. The van der Waals surface area contributed by atoms with Gasteiger partial charge in [0.2, 0.25) is 0 Å². The molecule has 0 bridgehead atoms. The molecule has 0 atom stereocenters. The first kappa shape index (κ1) is 21.8. The van der Waals surface area contributed by atoms with Crippen molar-refractivity contribution in [3.05, 3.63) is 95.3 Å². The summed E-state index contributed by atoms with van der Waals surface area (Å²) in [7, 11) is 2.17. The van der Waals surface area contributed by atoms with E-state index < -0.39 is 0 Å². The molecule has 0 aliphatic carbocycles. The molecule has 0 spiro atoms. The minimum atomic E-state index is 0.428. The molecule has 1 aliphatic rings. The van der Waals surface area contributed by atoms with Gasteiger partial charge in [-0.2, -0.15) is 4.57 Å². The molecule has 0 saturated heterocycles. The summed E-state index contributed by atoms with van der Waals surface area (Å²) in [5.74, 6) is 3.20. The molecule has 5 aromatic rings. The molecule has 6 rings (SSSR count). The van der Waals surface area contributed by atoms with Crippen LogP contribution in [0.3, 0.4) is 0 Å². The SMILES string of the molecule is Cc1c(-c2n(-c3c(C(C)C)cccc3C(C)C)cc[n+]2C)c2c(c3ccccc13)-n1ccnc1C2. The van der Waals surface area contributed by atoms with Crippen LogP contribution in [-0.4, -0.2) is 14.1 Å². The van der Waals surface area contributed by atoms with Gasteiger partial charge in [0.05, 0.1) is 18.3 Å². The molecule has 0 amide bonds. The van der Waals surface area contributed by atoms with Crippen LogP contribution in [0.2, 0.25) is 0 Å². The summed E-state index contributed by atoms with van der Waals surface area (Å²) in [6.45, 7) is 11.5. The van der Waals surface area contributed by atoms with E-state index in [1.807, 2.05) is 6.20 Å². The Labute approximate surface area is 207 Å². The fraction of sp³-hybridized carbons (Fsp3) is 0.290. The summed E-state index contributed by atoms with van der Waals surface area (Å²) in [6.07, 6.45) is 9.32. The van der Waals surface area contributed by atoms with Crippen LogP contribution in [0.4, 0.5) is 0 Å². The summed E-state index contributed by atoms with van der Waals surface area (Å²) < 4.78 is 7.03. The van der Waals surface area contributed by atoms with Gasteiger partial charge >= 0.3 is 0 Å². The molecule has 4 nitrogen and oxygen atoms in total. The van der Waals surface area contributed by atoms with E-state index in [2.05, 4.69) is 116 Å². The van der Waals surface area contributed by atoms with Crippen molar-refractivity contribution in [3.8, 4) is 22.8 Å². The Hall–Kier alpha value is -3.66. The Morgan fingerprint density at radius 1 is 0.829 bits per heavy atom. The van der Waals surface area contributed by atoms with Crippen LogP contribution in [0, 0.1) is 6.92 Å². The van der Waals surface area contributed by atoms with Gasteiger partial charge < -0.3 is 4.57 Å². The topological polar surface area (TPSA) is 26.6 Å². The standard InChI is InChI=1S/C31H33N4/c1-19(2)22-12-9-13-23(20(3)4)29(22)35-17-16-33(6)31(35)28-21(5)24-10-7-8-11-25(24)30-26(28)18-27-32-14-15-34(27)30/h7-17,19-20H,18H2,1-6H3/q+1. The second kappa shape index (κ2) is 7.94. The summed E-state index contributed by atoms with van der Waals surface area (Å²) in [4.78, 5) is 4.70. The highest BCUT2D eigenvalue weighted by atomic mass is 15.1. The molecule has 2 aromatic heterocycles. The molecule has 4 heteroatoms. The zero-order chi connectivity index (χ0) is 24.4. The van der Waals surface area contributed by atoms with Gasteiger partial charge in [0.25, 0.3) is 5.82 Å². The number of para-hydroxylation sites is 1.